The lowest BCUT2D eigenvalue weighted by Gasteiger charge is -2.35. The number of aromatic hydroxyl groups is 2. The second-order valence-corrected chi connectivity index (χ2v) is 6.03. The van der Waals surface area contributed by atoms with Crippen LogP contribution < -0.4 is 5.32 Å². The number of rotatable bonds is 6. The molecule has 0 fully saturated rings. The number of phenols is 2. The van der Waals surface area contributed by atoms with Crippen LogP contribution in [-0.4, -0.2) is 10.2 Å². The molecule has 3 heteroatoms. The van der Waals surface area contributed by atoms with Gasteiger partial charge in [0.15, 0.2) is 0 Å². The molecule has 0 atom stereocenters. The van der Waals surface area contributed by atoms with E-state index in [1.165, 1.54) is 5.56 Å². The number of hydrogen-bond donors (Lipinski definition) is 3. The van der Waals surface area contributed by atoms with Crippen LogP contribution in [0.25, 0.3) is 0 Å². The Hall–Kier alpha value is -2.78. The van der Waals surface area contributed by atoms with E-state index in [2.05, 4.69) is 23.9 Å². The van der Waals surface area contributed by atoms with E-state index in [0.717, 1.165) is 11.1 Å². The van der Waals surface area contributed by atoms with Gasteiger partial charge in [0, 0.05) is 6.54 Å². The maximum absolute atomic E-state index is 9.65. The molecule has 0 saturated heterocycles. The highest BCUT2D eigenvalue weighted by Gasteiger charge is 2.32. The van der Waals surface area contributed by atoms with Gasteiger partial charge in [0.2, 0.25) is 0 Å². The van der Waals surface area contributed by atoms with Crippen LogP contribution in [0.4, 0.5) is 0 Å². The van der Waals surface area contributed by atoms with Gasteiger partial charge in [-0.25, -0.2) is 0 Å². The summed E-state index contributed by atoms with van der Waals surface area (Å²) < 4.78 is 0. The molecule has 1 radical (unpaired) electrons. The first-order valence-corrected chi connectivity index (χ1v) is 8.32. The summed E-state index contributed by atoms with van der Waals surface area (Å²) in [5, 5.41) is 22.9. The largest absolute Gasteiger partial charge is 0.508 e. The maximum atomic E-state index is 9.65. The number of hydrogen-bond acceptors (Lipinski definition) is 3. The normalized spacial score (nSPS) is 11.4. The van der Waals surface area contributed by atoms with Crippen molar-refractivity contribution < 1.29 is 10.2 Å². The maximum Gasteiger partial charge on any atom is 0.115 e. The van der Waals surface area contributed by atoms with Crippen molar-refractivity contribution in [3.63, 3.8) is 0 Å². The van der Waals surface area contributed by atoms with E-state index in [0.29, 0.717) is 6.54 Å². The number of nitrogens with one attached hydrogen (secondary N) is 1. The van der Waals surface area contributed by atoms with Crippen LogP contribution in [0.15, 0.2) is 78.9 Å². The predicted molar refractivity (Wildman–Crippen MR) is 100 cm³/mol. The summed E-state index contributed by atoms with van der Waals surface area (Å²) in [4.78, 5) is 0. The minimum absolute atomic E-state index is 0.238. The SMILES string of the molecule is C[CH]C(NCc1ccccc1)(c1ccc(O)cc1)c1ccc(O)cc1. The lowest BCUT2D eigenvalue weighted by Crippen LogP contribution is -2.43. The first-order valence-electron chi connectivity index (χ1n) is 8.32. The van der Waals surface area contributed by atoms with Crippen LogP contribution in [0, 0.1) is 6.42 Å². The van der Waals surface area contributed by atoms with Gasteiger partial charge in [0.1, 0.15) is 11.5 Å². The fourth-order valence-corrected chi connectivity index (χ4v) is 3.09. The Kier molecular flexibility index (Phi) is 5.05. The minimum atomic E-state index is -0.531. The summed E-state index contributed by atoms with van der Waals surface area (Å²) in [6.07, 6.45) is 2.11. The molecule has 3 N–H and O–H groups in total. The van der Waals surface area contributed by atoms with Crippen LogP contribution in [0.5, 0.6) is 11.5 Å². The van der Waals surface area contributed by atoms with E-state index in [1.54, 1.807) is 24.3 Å². The van der Waals surface area contributed by atoms with Crippen LogP contribution in [0.3, 0.4) is 0 Å². The number of phenolic OH excluding ortho intramolecular Hbond substituents is 2. The molecular weight excluding hydrogens is 310 g/mol. The quantitative estimate of drug-likeness (QED) is 0.629. The molecule has 0 bridgehead atoms. The van der Waals surface area contributed by atoms with Gasteiger partial charge in [-0.3, -0.25) is 5.32 Å². The van der Waals surface area contributed by atoms with Crippen molar-refractivity contribution in [1.29, 1.82) is 0 Å². The molecule has 25 heavy (non-hydrogen) atoms. The molecule has 0 unspecified atom stereocenters. The van der Waals surface area contributed by atoms with E-state index < -0.39 is 5.54 Å². The first-order chi connectivity index (χ1) is 12.1. The molecule has 3 aromatic carbocycles. The summed E-state index contributed by atoms with van der Waals surface area (Å²) in [7, 11) is 0. The van der Waals surface area contributed by atoms with Gasteiger partial charge in [-0.05, 0) is 47.4 Å². The zero-order chi connectivity index (χ0) is 17.7. The third-order valence-electron chi connectivity index (χ3n) is 4.49. The highest BCUT2D eigenvalue weighted by molar-refractivity contribution is 5.45. The Bertz CT molecular complexity index is 750. The molecule has 0 amide bonds. The highest BCUT2D eigenvalue weighted by atomic mass is 16.3. The van der Waals surface area contributed by atoms with Crippen molar-refractivity contribution in [2.45, 2.75) is 19.0 Å². The van der Waals surface area contributed by atoms with Crippen molar-refractivity contribution in [2.24, 2.45) is 0 Å². The minimum Gasteiger partial charge on any atom is -0.508 e. The second kappa shape index (κ2) is 7.41. The molecule has 3 rings (SSSR count). The molecule has 0 spiro atoms. The second-order valence-electron chi connectivity index (χ2n) is 6.03. The van der Waals surface area contributed by atoms with Crippen LogP contribution >= 0.6 is 0 Å². The molecule has 0 aliphatic rings. The molecule has 3 aromatic rings. The van der Waals surface area contributed by atoms with Crippen LogP contribution in [-0.2, 0) is 12.1 Å². The molecule has 0 aromatic heterocycles. The van der Waals surface area contributed by atoms with Crippen LogP contribution in [0.2, 0.25) is 0 Å². The summed E-state index contributed by atoms with van der Waals surface area (Å²) in [5.41, 5.74) is 2.70. The standard InChI is InChI=1S/C22H22NO2/c1-2-22(18-8-12-20(24)13-9-18,19-10-14-21(25)15-11-19)23-16-17-6-4-3-5-7-17/h2-15,23-25H,16H2,1H3. The lowest BCUT2D eigenvalue weighted by atomic mass is 9.80. The predicted octanol–water partition coefficient (Wildman–Crippen LogP) is 4.36. The smallest absolute Gasteiger partial charge is 0.115 e. The molecule has 127 valence electrons. The van der Waals surface area contributed by atoms with Gasteiger partial charge in [-0.15, -0.1) is 0 Å². The molecule has 0 heterocycles. The highest BCUT2D eigenvalue weighted by Crippen LogP contribution is 2.34. The van der Waals surface area contributed by atoms with E-state index in [1.807, 2.05) is 49.4 Å². The van der Waals surface area contributed by atoms with E-state index >= 15 is 0 Å². The zero-order valence-electron chi connectivity index (χ0n) is 14.2. The molecule has 3 nitrogen and oxygen atoms in total. The van der Waals surface area contributed by atoms with E-state index in [4.69, 9.17) is 0 Å². The van der Waals surface area contributed by atoms with E-state index in [9.17, 15) is 10.2 Å². The van der Waals surface area contributed by atoms with Gasteiger partial charge in [-0.2, -0.15) is 0 Å². The van der Waals surface area contributed by atoms with Gasteiger partial charge < -0.3 is 10.2 Å². The van der Waals surface area contributed by atoms with Crippen molar-refractivity contribution in [1.82, 2.24) is 5.32 Å². The Balaban J connectivity index is 2.02. The first kappa shape index (κ1) is 17.1. The van der Waals surface area contributed by atoms with Gasteiger partial charge >= 0.3 is 0 Å². The Morgan fingerprint density at radius 2 is 1.24 bits per heavy atom. The summed E-state index contributed by atoms with van der Waals surface area (Å²) >= 11 is 0. The van der Waals surface area contributed by atoms with Crippen molar-refractivity contribution in [3.05, 3.63) is 102 Å². The average molecular weight is 332 g/mol. The van der Waals surface area contributed by atoms with Gasteiger partial charge in [0.25, 0.3) is 0 Å². The Morgan fingerprint density at radius 1 is 0.760 bits per heavy atom. The van der Waals surface area contributed by atoms with Gasteiger partial charge in [-0.1, -0.05) is 61.5 Å². The van der Waals surface area contributed by atoms with Crippen molar-refractivity contribution >= 4 is 0 Å². The van der Waals surface area contributed by atoms with Gasteiger partial charge in [0.05, 0.1) is 5.54 Å². The van der Waals surface area contributed by atoms with Crippen LogP contribution in [0.1, 0.15) is 23.6 Å². The Morgan fingerprint density at radius 3 is 1.68 bits per heavy atom. The fourth-order valence-electron chi connectivity index (χ4n) is 3.09. The lowest BCUT2D eigenvalue weighted by molar-refractivity contribution is 0.448. The molecule has 0 aliphatic heterocycles. The monoisotopic (exact) mass is 332 g/mol. The fraction of sp³-hybridized carbons (Fsp3) is 0.136. The third-order valence-corrected chi connectivity index (χ3v) is 4.49. The van der Waals surface area contributed by atoms with Crippen molar-refractivity contribution in [3.8, 4) is 11.5 Å². The van der Waals surface area contributed by atoms with Crippen molar-refractivity contribution in [2.75, 3.05) is 0 Å². The van der Waals surface area contributed by atoms with E-state index in [-0.39, 0.29) is 11.5 Å². The molecule has 0 aliphatic carbocycles. The average Bonchev–Trinajstić information content (AvgIpc) is 2.66. The third kappa shape index (κ3) is 3.67. The number of benzene rings is 3. The molecular formula is C22H22NO2. The topological polar surface area (TPSA) is 52.5 Å². The summed E-state index contributed by atoms with van der Waals surface area (Å²) in [6, 6.07) is 24.7. The summed E-state index contributed by atoms with van der Waals surface area (Å²) in [6.45, 7) is 2.70. The molecule has 0 saturated carbocycles. The zero-order valence-corrected chi connectivity index (χ0v) is 14.2. The Labute approximate surface area is 148 Å². The summed E-state index contributed by atoms with van der Waals surface area (Å²) in [5.74, 6) is 0.477.